The van der Waals surface area contributed by atoms with E-state index in [0.29, 0.717) is 25.4 Å². The summed E-state index contributed by atoms with van der Waals surface area (Å²) in [6.07, 6.45) is 1.40. The number of nitrogens with one attached hydrogen (secondary N) is 1. The smallest absolute Gasteiger partial charge is 0.339 e. The number of hydrogen-bond donors (Lipinski definition) is 2. The minimum Gasteiger partial charge on any atom is -0.478 e. The highest BCUT2D eigenvalue weighted by atomic mass is 16.4. The third-order valence-corrected chi connectivity index (χ3v) is 3.66. The molecule has 0 radical (unpaired) electrons. The molecule has 7 heteroatoms. The third-order valence-electron chi connectivity index (χ3n) is 3.66. The molecule has 2 N–H and O–H groups in total. The fraction of sp³-hybridized carbons (Fsp3) is 0.500. The Hall–Kier alpha value is -2.02. The molecular weight excluding hydrogens is 250 g/mol. The van der Waals surface area contributed by atoms with Gasteiger partial charge < -0.3 is 19.7 Å². The number of carbonyl (C=O) groups excluding carboxylic acids is 1. The lowest BCUT2D eigenvalue weighted by Crippen LogP contribution is -2.51. The van der Waals surface area contributed by atoms with Crippen LogP contribution in [0.1, 0.15) is 16.1 Å². The second-order valence-corrected chi connectivity index (χ2v) is 4.83. The van der Waals surface area contributed by atoms with Crippen molar-refractivity contribution < 1.29 is 19.1 Å². The minimum atomic E-state index is -0.972. The first kappa shape index (κ1) is 12.0. The molecule has 2 amide bonds. The van der Waals surface area contributed by atoms with Crippen molar-refractivity contribution in [3.63, 3.8) is 0 Å². The minimum absolute atomic E-state index is 0.00567. The van der Waals surface area contributed by atoms with Gasteiger partial charge in [0, 0.05) is 26.2 Å². The van der Waals surface area contributed by atoms with Gasteiger partial charge >= 0.3 is 12.0 Å². The van der Waals surface area contributed by atoms with E-state index in [9.17, 15) is 9.59 Å². The van der Waals surface area contributed by atoms with Crippen LogP contribution in [0.2, 0.25) is 0 Å². The third kappa shape index (κ3) is 2.17. The van der Waals surface area contributed by atoms with Crippen molar-refractivity contribution in [1.82, 2.24) is 15.1 Å². The molecule has 0 aliphatic carbocycles. The predicted octanol–water partition coefficient (Wildman–Crippen LogP) is 0.187. The molecule has 0 saturated carbocycles. The van der Waals surface area contributed by atoms with E-state index < -0.39 is 5.97 Å². The Balaban J connectivity index is 1.67. The van der Waals surface area contributed by atoms with Gasteiger partial charge in [0.1, 0.15) is 11.3 Å². The zero-order chi connectivity index (χ0) is 13.4. The number of piperazine rings is 1. The monoisotopic (exact) mass is 265 g/mol. The number of fused-ring (bicyclic) bond motifs is 1. The van der Waals surface area contributed by atoms with Crippen LogP contribution in [-0.2, 0) is 6.54 Å². The summed E-state index contributed by atoms with van der Waals surface area (Å²) < 4.78 is 5.24. The van der Waals surface area contributed by atoms with Crippen LogP contribution < -0.4 is 5.32 Å². The molecule has 1 aromatic rings. The Morgan fingerprint density at radius 2 is 2.37 bits per heavy atom. The molecule has 0 aromatic carbocycles. The van der Waals surface area contributed by atoms with Crippen LogP contribution in [0.15, 0.2) is 16.7 Å². The average molecular weight is 265 g/mol. The lowest BCUT2D eigenvalue weighted by molar-refractivity contribution is 0.0689. The maximum absolute atomic E-state index is 11.5. The highest BCUT2D eigenvalue weighted by Crippen LogP contribution is 2.18. The Bertz CT molecular complexity index is 513. The summed E-state index contributed by atoms with van der Waals surface area (Å²) in [5.41, 5.74) is 0.211. The summed E-state index contributed by atoms with van der Waals surface area (Å²) in [6, 6.07) is 1.63. The second-order valence-electron chi connectivity index (χ2n) is 4.83. The number of furan rings is 1. The van der Waals surface area contributed by atoms with Crippen molar-refractivity contribution in [3.8, 4) is 0 Å². The Morgan fingerprint density at radius 1 is 1.53 bits per heavy atom. The van der Waals surface area contributed by atoms with Crippen molar-refractivity contribution in [2.75, 3.05) is 26.2 Å². The topological polar surface area (TPSA) is 86.0 Å². The van der Waals surface area contributed by atoms with Crippen molar-refractivity contribution in [2.24, 2.45) is 0 Å². The van der Waals surface area contributed by atoms with E-state index >= 15 is 0 Å². The summed E-state index contributed by atoms with van der Waals surface area (Å²) in [5, 5.41) is 11.8. The van der Waals surface area contributed by atoms with Gasteiger partial charge in [0.05, 0.1) is 18.8 Å². The molecule has 1 unspecified atom stereocenters. The molecule has 2 aliphatic rings. The zero-order valence-corrected chi connectivity index (χ0v) is 10.3. The molecule has 0 spiro atoms. The van der Waals surface area contributed by atoms with Crippen LogP contribution in [0.5, 0.6) is 0 Å². The number of carbonyl (C=O) groups is 2. The first-order valence-corrected chi connectivity index (χ1v) is 6.21. The quantitative estimate of drug-likeness (QED) is 0.814. The molecule has 0 bridgehead atoms. The molecular formula is C12H15N3O4. The summed E-state index contributed by atoms with van der Waals surface area (Å²) in [5.74, 6) is -0.502. The van der Waals surface area contributed by atoms with Gasteiger partial charge in [-0.3, -0.25) is 4.90 Å². The molecule has 2 fully saturated rings. The first-order chi connectivity index (χ1) is 9.15. The van der Waals surface area contributed by atoms with Crippen LogP contribution in [0.25, 0.3) is 0 Å². The first-order valence-electron chi connectivity index (χ1n) is 6.21. The molecule has 19 heavy (non-hydrogen) atoms. The fourth-order valence-electron chi connectivity index (χ4n) is 2.67. The summed E-state index contributed by atoms with van der Waals surface area (Å²) >= 11 is 0. The maximum Gasteiger partial charge on any atom is 0.339 e. The lowest BCUT2D eigenvalue weighted by atomic mass is 10.1. The molecule has 3 heterocycles. The molecule has 3 rings (SSSR count). The van der Waals surface area contributed by atoms with Crippen LogP contribution in [0.4, 0.5) is 4.79 Å². The van der Waals surface area contributed by atoms with Crippen LogP contribution in [0.3, 0.4) is 0 Å². The van der Waals surface area contributed by atoms with Crippen molar-refractivity contribution >= 4 is 12.0 Å². The van der Waals surface area contributed by atoms with Gasteiger partial charge in [0.2, 0.25) is 0 Å². The van der Waals surface area contributed by atoms with E-state index in [4.69, 9.17) is 9.52 Å². The van der Waals surface area contributed by atoms with Crippen LogP contribution >= 0.6 is 0 Å². The Labute approximate surface area is 109 Å². The Morgan fingerprint density at radius 3 is 3.16 bits per heavy atom. The molecule has 2 saturated heterocycles. The fourth-order valence-corrected chi connectivity index (χ4v) is 2.67. The number of carboxylic acid groups (broad SMARTS) is 1. The number of nitrogens with zero attached hydrogens (tertiary/aromatic N) is 2. The van der Waals surface area contributed by atoms with Crippen LogP contribution in [-0.4, -0.2) is 59.1 Å². The second kappa shape index (κ2) is 4.58. The molecule has 1 aromatic heterocycles. The number of rotatable bonds is 3. The van der Waals surface area contributed by atoms with E-state index in [1.807, 2.05) is 4.90 Å². The van der Waals surface area contributed by atoms with Crippen LogP contribution in [0, 0.1) is 0 Å². The standard InChI is InChI=1S/C12H15N3O4/c16-11(17)9-1-4-19-10(9)7-14-2-3-15-8(6-14)5-13-12(15)18/h1,4,8H,2-3,5-7H2,(H,13,18)(H,16,17). The van der Waals surface area contributed by atoms with Crippen molar-refractivity contribution in [1.29, 1.82) is 0 Å². The summed E-state index contributed by atoms with van der Waals surface area (Å²) in [4.78, 5) is 26.4. The molecule has 1 atom stereocenters. The molecule has 2 aliphatic heterocycles. The van der Waals surface area contributed by atoms with E-state index in [1.165, 1.54) is 12.3 Å². The van der Waals surface area contributed by atoms with Gasteiger partial charge in [-0.15, -0.1) is 0 Å². The number of urea groups is 1. The maximum atomic E-state index is 11.5. The van der Waals surface area contributed by atoms with Crippen molar-refractivity contribution in [2.45, 2.75) is 12.6 Å². The normalized spacial score (nSPS) is 23.3. The zero-order valence-electron chi connectivity index (χ0n) is 10.3. The molecule has 102 valence electrons. The summed E-state index contributed by atoms with van der Waals surface area (Å²) in [6.45, 7) is 3.24. The Kier molecular flexibility index (Phi) is 2.90. The van der Waals surface area contributed by atoms with E-state index in [2.05, 4.69) is 10.2 Å². The van der Waals surface area contributed by atoms with Gasteiger partial charge in [-0.25, -0.2) is 9.59 Å². The van der Waals surface area contributed by atoms with E-state index in [-0.39, 0.29) is 17.6 Å². The predicted molar refractivity (Wildman–Crippen MR) is 64.8 cm³/mol. The van der Waals surface area contributed by atoms with Gasteiger partial charge in [-0.1, -0.05) is 0 Å². The lowest BCUT2D eigenvalue weighted by Gasteiger charge is -2.35. The number of aromatic carboxylic acids is 1. The summed E-state index contributed by atoms with van der Waals surface area (Å²) in [7, 11) is 0. The van der Waals surface area contributed by atoms with Crippen molar-refractivity contribution in [3.05, 3.63) is 23.7 Å². The highest BCUT2D eigenvalue weighted by molar-refractivity contribution is 5.88. The van der Waals surface area contributed by atoms with Gasteiger partial charge in [-0.2, -0.15) is 0 Å². The average Bonchev–Trinajstić information content (AvgIpc) is 2.97. The number of carboxylic acids is 1. The van der Waals surface area contributed by atoms with Gasteiger partial charge in [-0.05, 0) is 6.07 Å². The highest BCUT2D eigenvalue weighted by Gasteiger charge is 2.35. The van der Waals surface area contributed by atoms with E-state index in [0.717, 1.165) is 13.1 Å². The van der Waals surface area contributed by atoms with Gasteiger partial charge in [0.25, 0.3) is 0 Å². The van der Waals surface area contributed by atoms with E-state index in [1.54, 1.807) is 0 Å². The van der Waals surface area contributed by atoms with Gasteiger partial charge in [0.15, 0.2) is 0 Å². The largest absolute Gasteiger partial charge is 0.478 e. The SMILES string of the molecule is O=C(O)c1ccoc1CN1CCN2C(=O)NCC2C1. The molecule has 7 nitrogen and oxygen atoms in total. The number of hydrogen-bond acceptors (Lipinski definition) is 4. The number of amides is 2.